The highest BCUT2D eigenvalue weighted by Crippen LogP contribution is 2.21. The SMILES string of the molecule is CS(=O)(=O)c1cc(F)c(CS(=O)(=O)Cl)cc1F. The fourth-order valence-electron chi connectivity index (χ4n) is 1.15. The van der Waals surface area contributed by atoms with E-state index in [9.17, 15) is 25.6 Å². The average molecular weight is 305 g/mol. The molecule has 0 unspecified atom stereocenters. The number of benzene rings is 1. The lowest BCUT2D eigenvalue weighted by Gasteiger charge is -2.05. The van der Waals surface area contributed by atoms with Crippen LogP contribution in [0.5, 0.6) is 0 Å². The summed E-state index contributed by atoms with van der Waals surface area (Å²) in [7, 11) is -3.08. The second-order valence-electron chi connectivity index (χ2n) is 3.33. The summed E-state index contributed by atoms with van der Waals surface area (Å²) in [5, 5.41) is 0. The van der Waals surface area contributed by atoms with Crippen LogP contribution in [-0.2, 0) is 24.6 Å². The van der Waals surface area contributed by atoms with Crippen LogP contribution in [-0.4, -0.2) is 23.1 Å². The number of rotatable bonds is 3. The molecule has 0 radical (unpaired) electrons. The summed E-state index contributed by atoms with van der Waals surface area (Å²) in [5.41, 5.74) is -0.523. The fraction of sp³-hybridized carbons (Fsp3) is 0.250. The molecule has 1 rings (SSSR count). The van der Waals surface area contributed by atoms with E-state index in [4.69, 9.17) is 10.7 Å². The van der Waals surface area contributed by atoms with Gasteiger partial charge < -0.3 is 0 Å². The van der Waals surface area contributed by atoms with Crippen molar-refractivity contribution in [2.45, 2.75) is 10.6 Å². The zero-order valence-electron chi connectivity index (χ0n) is 8.45. The Hall–Kier alpha value is -0.730. The highest BCUT2D eigenvalue weighted by molar-refractivity contribution is 8.13. The molecule has 0 aromatic heterocycles. The van der Waals surface area contributed by atoms with Gasteiger partial charge in [0, 0.05) is 22.5 Å². The molecule has 0 aliphatic heterocycles. The Kier molecular flexibility index (Phi) is 3.80. The molecule has 0 N–H and O–H groups in total. The van der Waals surface area contributed by atoms with E-state index in [0.29, 0.717) is 18.4 Å². The maximum Gasteiger partial charge on any atom is 0.236 e. The third-order valence-electron chi connectivity index (χ3n) is 1.83. The van der Waals surface area contributed by atoms with E-state index in [1.165, 1.54) is 0 Å². The van der Waals surface area contributed by atoms with Gasteiger partial charge in [0.2, 0.25) is 9.05 Å². The minimum Gasteiger partial charge on any atom is -0.224 e. The summed E-state index contributed by atoms with van der Waals surface area (Å²) in [4.78, 5) is -0.828. The summed E-state index contributed by atoms with van der Waals surface area (Å²) in [6, 6.07) is 0.938. The summed E-state index contributed by atoms with van der Waals surface area (Å²) in [5.74, 6) is -3.28. The van der Waals surface area contributed by atoms with Crippen LogP contribution in [0.4, 0.5) is 8.78 Å². The van der Waals surface area contributed by atoms with Crippen molar-refractivity contribution >= 4 is 29.6 Å². The lowest BCUT2D eigenvalue weighted by molar-refractivity contribution is 0.550. The van der Waals surface area contributed by atoms with Crippen molar-refractivity contribution in [2.24, 2.45) is 0 Å². The second kappa shape index (κ2) is 4.51. The Morgan fingerprint density at radius 1 is 1.12 bits per heavy atom. The molecule has 96 valence electrons. The first-order chi connectivity index (χ1) is 7.50. The molecular weight excluding hydrogens is 298 g/mol. The predicted molar refractivity (Wildman–Crippen MR) is 57.9 cm³/mol. The smallest absolute Gasteiger partial charge is 0.224 e. The summed E-state index contributed by atoms with van der Waals surface area (Å²) < 4.78 is 70.2. The maximum atomic E-state index is 13.3. The van der Waals surface area contributed by atoms with Crippen LogP contribution in [0, 0.1) is 11.6 Å². The van der Waals surface area contributed by atoms with Crippen LogP contribution in [0.1, 0.15) is 5.56 Å². The number of hydrogen-bond acceptors (Lipinski definition) is 4. The lowest BCUT2D eigenvalue weighted by atomic mass is 10.2. The van der Waals surface area contributed by atoms with Gasteiger partial charge in [-0.15, -0.1) is 0 Å². The van der Waals surface area contributed by atoms with Gasteiger partial charge in [0.1, 0.15) is 16.5 Å². The number of hydrogen-bond donors (Lipinski definition) is 0. The molecule has 0 fully saturated rings. The van der Waals surface area contributed by atoms with E-state index in [1.807, 2.05) is 0 Å². The molecule has 0 aliphatic rings. The van der Waals surface area contributed by atoms with E-state index in [-0.39, 0.29) is 0 Å². The van der Waals surface area contributed by atoms with Crippen molar-refractivity contribution in [3.8, 4) is 0 Å². The Morgan fingerprint density at radius 3 is 2.06 bits per heavy atom. The van der Waals surface area contributed by atoms with Crippen LogP contribution in [0.15, 0.2) is 17.0 Å². The van der Waals surface area contributed by atoms with Gasteiger partial charge in [0.15, 0.2) is 9.84 Å². The summed E-state index contributed by atoms with van der Waals surface area (Å²) >= 11 is 0. The third-order valence-corrected chi connectivity index (χ3v) is 3.92. The normalized spacial score (nSPS) is 12.7. The van der Waals surface area contributed by atoms with Gasteiger partial charge >= 0.3 is 0 Å². The van der Waals surface area contributed by atoms with E-state index in [2.05, 4.69) is 0 Å². The van der Waals surface area contributed by atoms with Crippen molar-refractivity contribution < 1.29 is 25.6 Å². The first kappa shape index (κ1) is 14.3. The molecular formula is C8H7ClF2O4S2. The zero-order chi connectivity index (χ0) is 13.4. The van der Waals surface area contributed by atoms with Crippen LogP contribution in [0.25, 0.3) is 0 Å². The van der Waals surface area contributed by atoms with Gasteiger partial charge in [-0.25, -0.2) is 25.6 Å². The largest absolute Gasteiger partial charge is 0.236 e. The molecule has 0 heterocycles. The maximum absolute atomic E-state index is 13.3. The molecule has 0 bridgehead atoms. The monoisotopic (exact) mass is 304 g/mol. The molecule has 1 aromatic carbocycles. The molecule has 9 heteroatoms. The van der Waals surface area contributed by atoms with Crippen molar-refractivity contribution in [2.75, 3.05) is 6.26 Å². The van der Waals surface area contributed by atoms with Gasteiger partial charge in [-0.3, -0.25) is 0 Å². The van der Waals surface area contributed by atoms with Gasteiger partial charge in [-0.2, -0.15) is 0 Å². The molecule has 0 atom stereocenters. The van der Waals surface area contributed by atoms with Crippen LogP contribution in [0.3, 0.4) is 0 Å². The molecule has 17 heavy (non-hydrogen) atoms. The first-order valence-corrected chi connectivity index (χ1v) is 8.48. The van der Waals surface area contributed by atoms with Gasteiger partial charge in [-0.05, 0) is 12.1 Å². The van der Waals surface area contributed by atoms with Crippen LogP contribution < -0.4 is 0 Å². The van der Waals surface area contributed by atoms with E-state index >= 15 is 0 Å². The lowest BCUT2D eigenvalue weighted by Crippen LogP contribution is -2.05. The number of halogens is 3. The standard InChI is InChI=1S/C8H7ClF2O4S2/c1-16(12,13)8-3-6(10)5(2-7(8)11)4-17(9,14)15/h2-3H,4H2,1H3. The fourth-order valence-corrected chi connectivity index (χ4v) is 2.83. The van der Waals surface area contributed by atoms with Crippen molar-refractivity contribution in [3.63, 3.8) is 0 Å². The minimum absolute atomic E-state index is 0.433. The molecule has 1 aromatic rings. The van der Waals surface area contributed by atoms with Gasteiger partial charge in [0.05, 0.1) is 5.75 Å². The van der Waals surface area contributed by atoms with Crippen LogP contribution >= 0.6 is 10.7 Å². The summed E-state index contributed by atoms with van der Waals surface area (Å²) in [6.45, 7) is 0. The minimum atomic E-state index is -4.05. The molecule has 4 nitrogen and oxygen atoms in total. The Balaban J connectivity index is 3.39. The van der Waals surface area contributed by atoms with Crippen LogP contribution in [0.2, 0.25) is 0 Å². The van der Waals surface area contributed by atoms with Gasteiger partial charge in [-0.1, -0.05) is 0 Å². The van der Waals surface area contributed by atoms with E-state index in [0.717, 1.165) is 0 Å². The molecule has 0 saturated heterocycles. The van der Waals surface area contributed by atoms with E-state index < -0.39 is 46.7 Å². The highest BCUT2D eigenvalue weighted by atomic mass is 35.7. The molecule has 0 saturated carbocycles. The summed E-state index contributed by atoms with van der Waals surface area (Å²) in [6.07, 6.45) is 0.711. The molecule has 0 aliphatic carbocycles. The van der Waals surface area contributed by atoms with Crippen molar-refractivity contribution in [1.29, 1.82) is 0 Å². The first-order valence-electron chi connectivity index (χ1n) is 4.11. The zero-order valence-corrected chi connectivity index (χ0v) is 10.8. The van der Waals surface area contributed by atoms with Gasteiger partial charge in [0.25, 0.3) is 0 Å². The second-order valence-corrected chi connectivity index (χ2v) is 8.09. The average Bonchev–Trinajstić information content (AvgIpc) is 2.06. The molecule has 0 amide bonds. The number of sulfone groups is 1. The Labute approximate surface area is 102 Å². The van der Waals surface area contributed by atoms with E-state index in [1.54, 1.807) is 0 Å². The Morgan fingerprint density at radius 2 is 1.65 bits per heavy atom. The Bertz CT molecular complexity index is 652. The van der Waals surface area contributed by atoms with Crippen molar-refractivity contribution in [3.05, 3.63) is 29.3 Å². The highest BCUT2D eigenvalue weighted by Gasteiger charge is 2.20. The van der Waals surface area contributed by atoms with Crippen molar-refractivity contribution in [1.82, 2.24) is 0 Å². The topological polar surface area (TPSA) is 68.3 Å². The predicted octanol–water partition coefficient (Wildman–Crippen LogP) is 1.44. The molecule has 0 spiro atoms. The third kappa shape index (κ3) is 3.90. The quantitative estimate of drug-likeness (QED) is 0.792.